The van der Waals surface area contributed by atoms with Crippen molar-refractivity contribution in [3.05, 3.63) is 58.6 Å². The van der Waals surface area contributed by atoms with Crippen molar-refractivity contribution in [3.63, 3.8) is 0 Å². The van der Waals surface area contributed by atoms with Crippen molar-refractivity contribution in [2.24, 2.45) is 0 Å². The number of aryl methyl sites for hydroxylation is 1. The maximum absolute atomic E-state index is 12.0. The SMILES string of the molecule is Cc1ccc(S(=O)(=O)OS(=O)(=O)c2ccc(Br)cc2)cc1. The van der Waals surface area contributed by atoms with E-state index in [0.29, 0.717) is 4.47 Å². The van der Waals surface area contributed by atoms with Crippen molar-refractivity contribution >= 4 is 36.2 Å². The molecule has 0 aliphatic rings. The fourth-order valence-electron chi connectivity index (χ4n) is 1.50. The molecule has 2 aromatic rings. The Morgan fingerprint density at radius 1 is 0.762 bits per heavy atom. The molecule has 0 bridgehead atoms. The third-order valence-corrected chi connectivity index (χ3v) is 6.25. The third-order valence-electron chi connectivity index (χ3n) is 2.59. The summed E-state index contributed by atoms with van der Waals surface area (Å²) in [4.78, 5) is -0.449. The van der Waals surface area contributed by atoms with Crippen LogP contribution in [0, 0.1) is 6.92 Å². The molecule has 0 spiro atoms. The van der Waals surface area contributed by atoms with E-state index in [2.05, 4.69) is 19.6 Å². The molecule has 0 unspecified atom stereocenters. The van der Waals surface area contributed by atoms with Crippen LogP contribution in [0.3, 0.4) is 0 Å². The molecule has 0 fully saturated rings. The van der Waals surface area contributed by atoms with E-state index in [-0.39, 0.29) is 9.79 Å². The summed E-state index contributed by atoms with van der Waals surface area (Å²) in [7, 11) is -8.79. The Hall–Kier alpha value is -1.22. The molecule has 0 aromatic heterocycles. The monoisotopic (exact) mass is 390 g/mol. The first-order chi connectivity index (χ1) is 9.71. The third kappa shape index (κ3) is 3.91. The second-order valence-electron chi connectivity index (χ2n) is 4.24. The summed E-state index contributed by atoms with van der Waals surface area (Å²) < 4.78 is 53.0. The first-order valence-electron chi connectivity index (χ1n) is 5.74. The lowest BCUT2D eigenvalue weighted by molar-refractivity contribution is 0.461. The van der Waals surface area contributed by atoms with Gasteiger partial charge in [0.25, 0.3) is 0 Å². The molecular weight excluding hydrogens is 380 g/mol. The highest BCUT2D eigenvalue weighted by atomic mass is 79.9. The van der Waals surface area contributed by atoms with Gasteiger partial charge in [0.1, 0.15) is 0 Å². The summed E-state index contributed by atoms with van der Waals surface area (Å²) in [6.45, 7) is 1.79. The van der Waals surface area contributed by atoms with E-state index < -0.39 is 20.2 Å². The Labute approximate surface area is 132 Å². The van der Waals surface area contributed by atoms with Crippen LogP contribution in [0.1, 0.15) is 5.56 Å². The summed E-state index contributed by atoms with van der Waals surface area (Å²) >= 11 is 3.16. The Bertz CT molecular complexity index is 765. The quantitative estimate of drug-likeness (QED) is 0.801. The fraction of sp³-hybridized carbons (Fsp3) is 0.0769. The minimum Gasteiger partial charge on any atom is -0.193 e. The standard InChI is InChI=1S/C13H11BrO5S2/c1-10-2-6-12(7-3-10)20(15,16)19-21(17,18)13-8-4-11(14)5-9-13/h2-9H,1H3. The van der Waals surface area contributed by atoms with Crippen molar-refractivity contribution in [1.29, 1.82) is 0 Å². The van der Waals surface area contributed by atoms with Gasteiger partial charge in [0, 0.05) is 4.47 Å². The molecule has 0 saturated heterocycles. The van der Waals surface area contributed by atoms with Crippen LogP contribution in [-0.4, -0.2) is 16.8 Å². The maximum atomic E-state index is 12.0. The molecule has 8 heteroatoms. The van der Waals surface area contributed by atoms with Crippen molar-refractivity contribution in [2.45, 2.75) is 16.7 Å². The number of benzene rings is 2. The molecule has 2 rings (SSSR count). The largest absolute Gasteiger partial charge is 0.311 e. The van der Waals surface area contributed by atoms with Gasteiger partial charge < -0.3 is 0 Å². The van der Waals surface area contributed by atoms with E-state index in [1.165, 1.54) is 36.4 Å². The summed E-state index contributed by atoms with van der Waals surface area (Å²) in [6, 6.07) is 11.2. The van der Waals surface area contributed by atoms with Gasteiger partial charge in [-0.2, -0.15) is 16.8 Å². The van der Waals surface area contributed by atoms with Crippen molar-refractivity contribution < 1.29 is 20.5 Å². The lowest BCUT2D eigenvalue weighted by atomic mass is 10.2. The molecule has 0 saturated carbocycles. The zero-order chi connectivity index (χ0) is 15.7. The molecule has 0 aliphatic carbocycles. The number of rotatable bonds is 4. The summed E-state index contributed by atoms with van der Waals surface area (Å²) in [6.07, 6.45) is 0. The van der Waals surface area contributed by atoms with E-state index in [9.17, 15) is 16.8 Å². The van der Waals surface area contributed by atoms with Gasteiger partial charge in [0.05, 0.1) is 9.79 Å². The second-order valence-corrected chi connectivity index (χ2v) is 8.46. The topological polar surface area (TPSA) is 77.5 Å². The van der Waals surface area contributed by atoms with Crippen LogP contribution in [0.15, 0.2) is 62.8 Å². The van der Waals surface area contributed by atoms with Crippen LogP contribution in [0.4, 0.5) is 0 Å². The van der Waals surface area contributed by atoms with Crippen LogP contribution in [-0.2, 0) is 23.9 Å². The fourth-order valence-corrected chi connectivity index (χ4v) is 4.28. The van der Waals surface area contributed by atoms with Crippen molar-refractivity contribution in [1.82, 2.24) is 0 Å². The van der Waals surface area contributed by atoms with E-state index in [1.54, 1.807) is 19.1 Å². The Morgan fingerprint density at radius 2 is 1.14 bits per heavy atom. The molecule has 0 aliphatic heterocycles. The van der Waals surface area contributed by atoms with Gasteiger partial charge in [-0.05, 0) is 43.3 Å². The summed E-state index contributed by atoms with van der Waals surface area (Å²) in [5.41, 5.74) is 0.852. The summed E-state index contributed by atoms with van der Waals surface area (Å²) in [5, 5.41) is 0. The zero-order valence-corrected chi connectivity index (χ0v) is 14.1. The minimum absolute atomic E-state index is 0.214. The number of hydrogen-bond acceptors (Lipinski definition) is 5. The molecule has 0 heterocycles. The first kappa shape index (κ1) is 16.2. The van der Waals surface area contributed by atoms with Gasteiger partial charge in [0.2, 0.25) is 0 Å². The van der Waals surface area contributed by atoms with Gasteiger partial charge in [-0.3, -0.25) is 0 Å². The lowest BCUT2D eigenvalue weighted by Gasteiger charge is -2.06. The van der Waals surface area contributed by atoms with E-state index in [0.717, 1.165) is 5.56 Å². The Morgan fingerprint density at radius 3 is 1.57 bits per heavy atom. The molecular formula is C13H11BrO5S2. The van der Waals surface area contributed by atoms with E-state index in [1.807, 2.05) is 0 Å². The van der Waals surface area contributed by atoms with Crippen molar-refractivity contribution in [3.8, 4) is 0 Å². The second kappa shape index (κ2) is 5.88. The Balaban J connectivity index is 2.35. The molecule has 21 heavy (non-hydrogen) atoms. The highest BCUT2D eigenvalue weighted by molar-refractivity contribution is 9.10. The van der Waals surface area contributed by atoms with Gasteiger partial charge in [-0.1, -0.05) is 33.6 Å². The first-order valence-corrected chi connectivity index (χ1v) is 9.35. The minimum atomic E-state index is -4.40. The normalized spacial score (nSPS) is 12.3. The Kier molecular flexibility index (Phi) is 4.52. The lowest BCUT2D eigenvalue weighted by Crippen LogP contribution is -2.14. The van der Waals surface area contributed by atoms with E-state index >= 15 is 0 Å². The van der Waals surface area contributed by atoms with Crippen LogP contribution in [0.5, 0.6) is 0 Å². The molecule has 0 radical (unpaired) electrons. The predicted octanol–water partition coefficient (Wildman–Crippen LogP) is 2.85. The van der Waals surface area contributed by atoms with Gasteiger partial charge in [-0.15, -0.1) is 3.63 Å². The molecule has 112 valence electrons. The highest BCUT2D eigenvalue weighted by Crippen LogP contribution is 2.22. The molecule has 0 atom stereocenters. The molecule has 0 amide bonds. The predicted molar refractivity (Wildman–Crippen MR) is 80.8 cm³/mol. The molecule has 2 aromatic carbocycles. The van der Waals surface area contributed by atoms with Crippen LogP contribution in [0.2, 0.25) is 0 Å². The van der Waals surface area contributed by atoms with Crippen molar-refractivity contribution in [2.75, 3.05) is 0 Å². The van der Waals surface area contributed by atoms with Crippen LogP contribution < -0.4 is 0 Å². The van der Waals surface area contributed by atoms with Gasteiger partial charge in [0.15, 0.2) is 0 Å². The average Bonchev–Trinajstić information content (AvgIpc) is 2.38. The van der Waals surface area contributed by atoms with Crippen LogP contribution >= 0.6 is 15.9 Å². The average molecular weight is 391 g/mol. The van der Waals surface area contributed by atoms with Crippen LogP contribution in [0.25, 0.3) is 0 Å². The van der Waals surface area contributed by atoms with E-state index in [4.69, 9.17) is 0 Å². The number of halogens is 1. The number of hydrogen-bond donors (Lipinski definition) is 0. The smallest absolute Gasteiger partial charge is 0.193 e. The summed E-state index contributed by atoms with van der Waals surface area (Å²) in [5.74, 6) is 0. The maximum Gasteiger partial charge on any atom is 0.311 e. The van der Waals surface area contributed by atoms with Gasteiger partial charge >= 0.3 is 20.2 Å². The molecule has 5 nitrogen and oxygen atoms in total. The molecule has 0 N–H and O–H groups in total. The van der Waals surface area contributed by atoms with Gasteiger partial charge in [-0.25, -0.2) is 0 Å². The highest BCUT2D eigenvalue weighted by Gasteiger charge is 2.26. The zero-order valence-electron chi connectivity index (χ0n) is 10.9.